The zero-order valence-electron chi connectivity index (χ0n) is 9.12. The van der Waals surface area contributed by atoms with E-state index in [9.17, 15) is 22.3 Å². The molecule has 0 amide bonds. The molecule has 4 nitrogen and oxygen atoms in total. The summed E-state index contributed by atoms with van der Waals surface area (Å²) in [6.07, 6.45) is 2.26. The van der Waals surface area contributed by atoms with E-state index in [1.807, 2.05) is 11.6 Å². The van der Waals surface area contributed by atoms with Crippen LogP contribution in [0.4, 0.5) is 8.78 Å². The van der Waals surface area contributed by atoms with Gasteiger partial charge >= 0.3 is 5.76 Å². The fourth-order valence-electron chi connectivity index (χ4n) is 1.95. The molecule has 1 saturated carbocycles. The second-order valence-corrected chi connectivity index (χ2v) is 6.18. The molecule has 1 aliphatic carbocycles. The Labute approximate surface area is 94.1 Å². The fraction of sp³-hybridized carbons (Fsp3) is 1.00. The fourth-order valence-corrected chi connectivity index (χ4v) is 2.91. The molecule has 16 heavy (non-hydrogen) atoms. The lowest BCUT2D eigenvalue weighted by Crippen LogP contribution is -2.54. The highest BCUT2D eigenvalue weighted by Gasteiger charge is 2.39. The van der Waals surface area contributed by atoms with Crippen LogP contribution in [0.25, 0.3) is 0 Å². The van der Waals surface area contributed by atoms with Gasteiger partial charge in [0.25, 0.3) is 10.0 Å². The molecule has 96 valence electrons. The molecule has 0 atom stereocenters. The Morgan fingerprint density at radius 3 is 2.31 bits per heavy atom. The van der Waals surface area contributed by atoms with Gasteiger partial charge in [0, 0.05) is 0 Å². The molecule has 2 N–H and O–H groups in total. The lowest BCUT2D eigenvalue weighted by atomic mass is 9.78. The molecule has 1 rings (SSSR count). The van der Waals surface area contributed by atoms with Crippen LogP contribution >= 0.6 is 0 Å². The Morgan fingerprint density at radius 1 is 1.44 bits per heavy atom. The maximum atomic E-state index is 12.2. The van der Waals surface area contributed by atoms with Crippen molar-refractivity contribution in [3.05, 3.63) is 0 Å². The summed E-state index contributed by atoms with van der Waals surface area (Å²) in [5.41, 5.74) is -1.10. The van der Waals surface area contributed by atoms with E-state index in [1.54, 1.807) is 0 Å². The molecule has 0 saturated heterocycles. The van der Waals surface area contributed by atoms with Crippen LogP contribution in [-0.4, -0.2) is 31.4 Å². The summed E-state index contributed by atoms with van der Waals surface area (Å²) in [5.74, 6) is -3.01. The lowest BCUT2D eigenvalue weighted by molar-refractivity contribution is 0.122. The Balaban J connectivity index is 2.76. The van der Waals surface area contributed by atoms with Crippen molar-refractivity contribution in [2.24, 2.45) is 5.92 Å². The van der Waals surface area contributed by atoms with Crippen LogP contribution in [0.1, 0.15) is 32.6 Å². The molecule has 1 aliphatic rings. The van der Waals surface area contributed by atoms with E-state index in [1.165, 1.54) is 0 Å². The van der Waals surface area contributed by atoms with Crippen LogP contribution in [0.5, 0.6) is 0 Å². The molecule has 0 aliphatic heterocycles. The third kappa shape index (κ3) is 3.11. The molecular weight excluding hydrogens is 240 g/mol. The third-order valence-electron chi connectivity index (χ3n) is 3.13. The largest absolute Gasteiger partial charge is 0.394 e. The van der Waals surface area contributed by atoms with E-state index >= 15 is 0 Å². The van der Waals surface area contributed by atoms with Gasteiger partial charge in [0.1, 0.15) is 0 Å². The van der Waals surface area contributed by atoms with Gasteiger partial charge in [-0.3, -0.25) is 0 Å². The van der Waals surface area contributed by atoms with Crippen LogP contribution in [0.3, 0.4) is 0 Å². The van der Waals surface area contributed by atoms with Gasteiger partial charge in [0.05, 0.1) is 12.1 Å². The van der Waals surface area contributed by atoms with Gasteiger partial charge < -0.3 is 5.11 Å². The molecule has 0 aromatic rings. The standard InChI is InChI=1S/C9H17F2NO3S/c1-7-2-4-9(6-13,5-3-7)12-16(14,15)8(10)11/h7-8,12-13H,2-6H2,1H3. The first-order chi connectivity index (χ1) is 7.31. The monoisotopic (exact) mass is 257 g/mol. The number of sulfonamides is 1. The first-order valence-corrected chi connectivity index (χ1v) is 6.78. The predicted molar refractivity (Wildman–Crippen MR) is 55.5 cm³/mol. The summed E-state index contributed by atoms with van der Waals surface area (Å²) in [6, 6.07) is 0. The molecule has 7 heteroatoms. The third-order valence-corrected chi connectivity index (χ3v) is 4.31. The van der Waals surface area contributed by atoms with Gasteiger partial charge in [-0.25, -0.2) is 13.1 Å². The number of hydrogen-bond acceptors (Lipinski definition) is 3. The Kier molecular flexibility index (Phi) is 4.25. The lowest BCUT2D eigenvalue weighted by Gasteiger charge is -2.38. The Bertz CT molecular complexity index is 324. The van der Waals surface area contributed by atoms with Crippen molar-refractivity contribution in [1.29, 1.82) is 0 Å². The SMILES string of the molecule is CC1CCC(CO)(NS(=O)(=O)C(F)F)CC1. The molecule has 0 bridgehead atoms. The smallest absolute Gasteiger partial charge is 0.350 e. The number of hydrogen-bond donors (Lipinski definition) is 2. The van der Waals surface area contributed by atoms with E-state index in [2.05, 4.69) is 0 Å². The van der Waals surface area contributed by atoms with Gasteiger partial charge in [-0.05, 0) is 31.6 Å². The van der Waals surface area contributed by atoms with Crippen molar-refractivity contribution >= 4 is 10.0 Å². The molecular formula is C9H17F2NO3S. The maximum Gasteiger partial charge on any atom is 0.350 e. The topological polar surface area (TPSA) is 66.4 Å². The van der Waals surface area contributed by atoms with Crippen LogP contribution in [0.2, 0.25) is 0 Å². The summed E-state index contributed by atoms with van der Waals surface area (Å²) in [4.78, 5) is 0. The van der Waals surface area contributed by atoms with Crippen LogP contribution < -0.4 is 4.72 Å². The average Bonchev–Trinajstić information content (AvgIpc) is 2.21. The minimum atomic E-state index is -4.63. The van der Waals surface area contributed by atoms with Gasteiger partial charge in [-0.2, -0.15) is 8.78 Å². The zero-order valence-corrected chi connectivity index (χ0v) is 9.93. The highest BCUT2D eigenvalue weighted by atomic mass is 32.2. The van der Waals surface area contributed by atoms with Gasteiger partial charge in [-0.1, -0.05) is 6.92 Å². The second kappa shape index (κ2) is 4.93. The molecule has 0 radical (unpaired) electrons. The van der Waals surface area contributed by atoms with Gasteiger partial charge in [0.15, 0.2) is 0 Å². The van der Waals surface area contributed by atoms with Crippen molar-refractivity contribution in [2.75, 3.05) is 6.61 Å². The highest BCUT2D eigenvalue weighted by molar-refractivity contribution is 7.89. The van der Waals surface area contributed by atoms with Crippen LogP contribution in [-0.2, 0) is 10.0 Å². The number of rotatable bonds is 4. The van der Waals surface area contributed by atoms with E-state index in [-0.39, 0.29) is 0 Å². The summed E-state index contributed by atoms with van der Waals surface area (Å²) in [5, 5.41) is 9.20. The summed E-state index contributed by atoms with van der Waals surface area (Å²) < 4.78 is 48.5. The molecule has 0 spiro atoms. The van der Waals surface area contributed by atoms with E-state index in [4.69, 9.17) is 0 Å². The summed E-state index contributed by atoms with van der Waals surface area (Å²) in [6.45, 7) is 1.58. The minimum Gasteiger partial charge on any atom is -0.394 e. The van der Waals surface area contributed by atoms with Gasteiger partial charge in [-0.15, -0.1) is 0 Å². The van der Waals surface area contributed by atoms with Crippen molar-refractivity contribution in [3.8, 4) is 0 Å². The molecule has 0 unspecified atom stereocenters. The zero-order chi connectivity index (χ0) is 12.4. The van der Waals surface area contributed by atoms with E-state index < -0.39 is 27.9 Å². The molecule has 0 aromatic heterocycles. The van der Waals surface area contributed by atoms with Crippen molar-refractivity contribution in [2.45, 2.75) is 43.9 Å². The molecule has 0 heterocycles. The average molecular weight is 257 g/mol. The second-order valence-electron chi connectivity index (χ2n) is 4.53. The number of halogens is 2. The predicted octanol–water partition coefficient (Wildman–Crippen LogP) is 1.07. The summed E-state index contributed by atoms with van der Waals surface area (Å²) >= 11 is 0. The normalized spacial score (nSPS) is 31.9. The molecule has 0 aromatic carbocycles. The number of nitrogens with one attached hydrogen (secondary N) is 1. The number of aliphatic hydroxyl groups excluding tert-OH is 1. The van der Waals surface area contributed by atoms with Gasteiger partial charge in [0.2, 0.25) is 0 Å². The quantitative estimate of drug-likeness (QED) is 0.791. The Hall–Kier alpha value is -0.270. The Morgan fingerprint density at radius 2 is 1.94 bits per heavy atom. The van der Waals surface area contributed by atoms with Crippen LogP contribution in [0, 0.1) is 5.92 Å². The van der Waals surface area contributed by atoms with Crippen LogP contribution in [0.15, 0.2) is 0 Å². The number of aliphatic hydroxyl groups is 1. The van der Waals surface area contributed by atoms with Crippen molar-refractivity contribution < 1.29 is 22.3 Å². The maximum absolute atomic E-state index is 12.2. The highest BCUT2D eigenvalue weighted by Crippen LogP contribution is 2.32. The summed E-state index contributed by atoms with van der Waals surface area (Å²) in [7, 11) is -4.63. The first-order valence-electron chi connectivity index (χ1n) is 5.23. The first kappa shape index (κ1) is 13.8. The van der Waals surface area contributed by atoms with Crippen molar-refractivity contribution in [1.82, 2.24) is 4.72 Å². The van der Waals surface area contributed by atoms with Crippen molar-refractivity contribution in [3.63, 3.8) is 0 Å². The van der Waals surface area contributed by atoms with E-state index in [0.29, 0.717) is 18.8 Å². The van der Waals surface area contributed by atoms with E-state index in [0.717, 1.165) is 12.8 Å². The number of alkyl halides is 2. The minimum absolute atomic E-state index is 0.399. The molecule has 1 fully saturated rings.